The summed E-state index contributed by atoms with van der Waals surface area (Å²) in [6, 6.07) is 50.2. The minimum atomic E-state index is 0.822. The lowest BCUT2D eigenvalue weighted by Gasteiger charge is -2.15. The van der Waals surface area contributed by atoms with E-state index in [1.54, 1.807) is 0 Å². The number of nitrogens with zero attached hydrogens (tertiary/aromatic N) is 3. The first-order chi connectivity index (χ1) is 25.3. The molecule has 0 spiro atoms. The summed E-state index contributed by atoms with van der Waals surface area (Å²) in [7, 11) is 0. The van der Waals surface area contributed by atoms with Crippen LogP contribution in [0, 0.1) is 0 Å². The van der Waals surface area contributed by atoms with Crippen LogP contribution >= 0.6 is 11.3 Å². The lowest BCUT2D eigenvalue weighted by molar-refractivity contribution is 0.669. The maximum Gasteiger partial charge on any atom is 0.165 e. The topological polar surface area (TPSA) is 43.9 Å². The van der Waals surface area contributed by atoms with E-state index >= 15 is 0 Å². The third-order valence-electron chi connectivity index (χ3n) is 11.1. The molecule has 0 N–H and O–H groups in total. The minimum absolute atomic E-state index is 0.822. The van der Waals surface area contributed by atoms with Crippen molar-refractivity contribution in [2.45, 2.75) is 0 Å². The lowest BCUT2D eigenvalue weighted by atomic mass is 9.95. The van der Waals surface area contributed by atoms with E-state index in [-0.39, 0.29) is 0 Å². The van der Waals surface area contributed by atoms with Gasteiger partial charge in [0.15, 0.2) is 5.82 Å². The first-order valence-electron chi connectivity index (χ1n) is 17.2. The van der Waals surface area contributed by atoms with Gasteiger partial charge in [-0.15, -0.1) is 11.3 Å². The minimum Gasteiger partial charge on any atom is -0.456 e. The van der Waals surface area contributed by atoms with Crippen molar-refractivity contribution in [2.24, 2.45) is 0 Å². The van der Waals surface area contributed by atoms with Crippen LogP contribution in [0.25, 0.3) is 125 Å². The van der Waals surface area contributed by atoms with Crippen molar-refractivity contribution in [3.05, 3.63) is 140 Å². The highest BCUT2D eigenvalue weighted by atomic mass is 32.1. The monoisotopic (exact) mass is 665 g/mol. The Labute approximate surface area is 293 Å². The first kappa shape index (κ1) is 26.3. The molecule has 4 aromatic heterocycles. The Balaban J connectivity index is 1.23. The van der Waals surface area contributed by atoms with Gasteiger partial charge in [-0.05, 0) is 69.8 Å². The van der Waals surface area contributed by atoms with Crippen LogP contribution < -0.4 is 0 Å². The SMILES string of the molecule is c1ccc2c(c1)ccc1nc(-n3c4ccc5cccc6c5c4c4c5c(ccc43)oc3cccc-6c35)c(-c3ccc4c(c3)sc3ccccc34)nc12. The van der Waals surface area contributed by atoms with Crippen LogP contribution in [0.4, 0.5) is 0 Å². The van der Waals surface area contributed by atoms with E-state index in [4.69, 9.17) is 14.4 Å². The van der Waals surface area contributed by atoms with Gasteiger partial charge in [0.2, 0.25) is 0 Å². The summed E-state index contributed by atoms with van der Waals surface area (Å²) in [5, 5.41) is 12.1. The molecule has 0 fully saturated rings. The van der Waals surface area contributed by atoms with Crippen molar-refractivity contribution in [3.8, 4) is 28.2 Å². The zero-order valence-corrected chi connectivity index (χ0v) is 27.8. The third kappa shape index (κ3) is 3.25. The average molecular weight is 666 g/mol. The Morgan fingerprint density at radius 1 is 0.490 bits per heavy atom. The van der Waals surface area contributed by atoms with Crippen LogP contribution in [0.1, 0.15) is 0 Å². The van der Waals surface area contributed by atoms with Crippen molar-refractivity contribution >= 4 is 108 Å². The Hall–Kier alpha value is -6.56. The molecule has 234 valence electrons. The number of hydrogen-bond donors (Lipinski definition) is 0. The van der Waals surface area contributed by atoms with E-state index < -0.39 is 0 Å². The van der Waals surface area contributed by atoms with Crippen molar-refractivity contribution in [2.75, 3.05) is 0 Å². The third-order valence-corrected chi connectivity index (χ3v) is 12.2. The van der Waals surface area contributed by atoms with Crippen LogP contribution in [0.3, 0.4) is 0 Å². The largest absolute Gasteiger partial charge is 0.456 e. The smallest absolute Gasteiger partial charge is 0.165 e. The second-order valence-corrected chi connectivity index (χ2v) is 14.8. The number of rotatable bonds is 2. The van der Waals surface area contributed by atoms with Crippen LogP contribution in [-0.2, 0) is 0 Å². The summed E-state index contributed by atoms with van der Waals surface area (Å²) < 4.78 is 11.4. The van der Waals surface area contributed by atoms with Gasteiger partial charge in [0.05, 0.1) is 22.1 Å². The van der Waals surface area contributed by atoms with Gasteiger partial charge < -0.3 is 4.42 Å². The van der Waals surface area contributed by atoms with Crippen molar-refractivity contribution in [3.63, 3.8) is 0 Å². The summed E-state index contributed by atoms with van der Waals surface area (Å²) in [4.78, 5) is 11.2. The molecule has 0 radical (unpaired) electrons. The van der Waals surface area contributed by atoms with Crippen LogP contribution in [0.2, 0.25) is 0 Å². The lowest BCUT2D eigenvalue weighted by Crippen LogP contribution is -2.04. The highest BCUT2D eigenvalue weighted by molar-refractivity contribution is 7.25. The van der Waals surface area contributed by atoms with Crippen LogP contribution in [0.15, 0.2) is 144 Å². The van der Waals surface area contributed by atoms with Crippen molar-refractivity contribution in [1.82, 2.24) is 14.5 Å². The van der Waals surface area contributed by atoms with E-state index in [1.165, 1.54) is 63.6 Å². The standard InChI is InChI=1S/C46H23N3OS/c1-2-9-27-24(7-1)16-19-32-45(27)48-44(26-15-18-29-28-10-3-4-14-37(28)51-38(29)23-26)46(47-32)49-33-20-17-25-8-5-11-30-31-12-6-13-35-40(31)43-36(50-35)22-21-34(49)42(43)41(33)39(25)30/h1-23H. The molecule has 0 amide bonds. The zero-order valence-electron chi connectivity index (χ0n) is 26.9. The number of benzene rings is 8. The fourth-order valence-electron chi connectivity index (χ4n) is 8.96. The van der Waals surface area contributed by atoms with Gasteiger partial charge in [-0.2, -0.15) is 0 Å². The molecule has 1 aliphatic carbocycles. The van der Waals surface area contributed by atoms with E-state index in [2.05, 4.69) is 144 Å². The molecule has 4 nitrogen and oxygen atoms in total. The maximum absolute atomic E-state index is 6.55. The molecule has 0 unspecified atom stereocenters. The quantitative estimate of drug-likeness (QED) is 0.173. The van der Waals surface area contributed by atoms with Crippen molar-refractivity contribution in [1.29, 1.82) is 0 Å². The molecule has 8 aromatic carbocycles. The molecular weight excluding hydrogens is 643 g/mol. The van der Waals surface area contributed by atoms with Gasteiger partial charge in [0.25, 0.3) is 0 Å². The number of aromatic nitrogens is 3. The van der Waals surface area contributed by atoms with Gasteiger partial charge in [-0.25, -0.2) is 9.97 Å². The number of thiophene rings is 1. The van der Waals surface area contributed by atoms with Gasteiger partial charge in [-0.1, -0.05) is 97.1 Å². The highest BCUT2D eigenvalue weighted by Crippen LogP contribution is 2.51. The molecule has 0 saturated heterocycles. The molecule has 5 heteroatoms. The van der Waals surface area contributed by atoms with E-state index in [1.807, 2.05) is 11.3 Å². The molecule has 0 bridgehead atoms. The number of fused-ring (bicyclic) bond motifs is 7. The predicted octanol–water partition coefficient (Wildman–Crippen LogP) is 12.9. The average Bonchev–Trinajstić information content (AvgIpc) is 3.83. The molecule has 51 heavy (non-hydrogen) atoms. The molecule has 4 heterocycles. The summed E-state index contributed by atoms with van der Waals surface area (Å²) in [6.07, 6.45) is 0. The summed E-state index contributed by atoms with van der Waals surface area (Å²) in [5.74, 6) is 0.822. The Morgan fingerprint density at radius 3 is 2.16 bits per heavy atom. The van der Waals surface area contributed by atoms with Gasteiger partial charge in [-0.3, -0.25) is 4.57 Å². The molecule has 0 saturated carbocycles. The molecule has 13 rings (SSSR count). The van der Waals surface area contributed by atoms with E-state index in [0.29, 0.717) is 0 Å². The molecule has 0 aliphatic heterocycles. The fourth-order valence-corrected chi connectivity index (χ4v) is 10.1. The maximum atomic E-state index is 6.55. The first-order valence-corrected chi connectivity index (χ1v) is 18.1. The second-order valence-electron chi connectivity index (χ2n) is 13.7. The molecule has 1 aliphatic rings. The molecule has 0 atom stereocenters. The number of hydrogen-bond acceptors (Lipinski definition) is 4. The highest BCUT2D eigenvalue weighted by Gasteiger charge is 2.28. The number of furan rings is 1. The van der Waals surface area contributed by atoms with Crippen molar-refractivity contribution < 1.29 is 4.42 Å². The fraction of sp³-hybridized carbons (Fsp3) is 0. The van der Waals surface area contributed by atoms with Gasteiger partial charge in [0, 0.05) is 52.7 Å². The van der Waals surface area contributed by atoms with E-state index in [9.17, 15) is 0 Å². The zero-order chi connectivity index (χ0) is 32.9. The van der Waals surface area contributed by atoms with Crippen LogP contribution in [0.5, 0.6) is 0 Å². The van der Waals surface area contributed by atoms with Gasteiger partial charge in [0.1, 0.15) is 16.9 Å². The Kier molecular flexibility index (Phi) is 4.73. The Morgan fingerprint density at radius 2 is 1.22 bits per heavy atom. The normalized spacial score (nSPS) is 12.7. The van der Waals surface area contributed by atoms with Gasteiger partial charge >= 0.3 is 0 Å². The molecular formula is C46H23N3OS. The summed E-state index contributed by atoms with van der Waals surface area (Å²) in [6.45, 7) is 0. The predicted molar refractivity (Wildman–Crippen MR) is 213 cm³/mol. The summed E-state index contributed by atoms with van der Waals surface area (Å²) >= 11 is 1.83. The summed E-state index contributed by atoms with van der Waals surface area (Å²) in [5.41, 5.74) is 10.2. The second kappa shape index (κ2) is 9.16. The van der Waals surface area contributed by atoms with E-state index in [0.717, 1.165) is 61.1 Å². The Bertz CT molecular complexity index is 3550. The molecule has 12 aromatic rings. The van der Waals surface area contributed by atoms with Crippen LogP contribution in [-0.4, -0.2) is 14.5 Å².